The van der Waals surface area contributed by atoms with E-state index in [-0.39, 0.29) is 18.2 Å². The van der Waals surface area contributed by atoms with Gasteiger partial charge in [0.25, 0.3) is 0 Å². The van der Waals surface area contributed by atoms with E-state index in [1.54, 1.807) is 6.07 Å². The molecular weight excluding hydrogens is 189 g/mol. The van der Waals surface area contributed by atoms with E-state index < -0.39 is 0 Å². The fraction of sp³-hybridized carbons (Fsp3) is 0.200. The van der Waals surface area contributed by atoms with E-state index >= 15 is 0 Å². The van der Waals surface area contributed by atoms with Crippen molar-refractivity contribution < 1.29 is 4.39 Å². The van der Waals surface area contributed by atoms with Crippen molar-refractivity contribution in [2.75, 3.05) is 5.88 Å². The second-order valence-corrected chi connectivity index (χ2v) is 2.71. The van der Waals surface area contributed by atoms with Crippen molar-refractivity contribution in [2.45, 2.75) is 6.54 Å². The summed E-state index contributed by atoms with van der Waals surface area (Å²) in [5.41, 5.74) is 6.87. The molecule has 2 N–H and O–H groups in total. The molecule has 0 saturated carbocycles. The first-order chi connectivity index (χ1) is 6.27. The van der Waals surface area contributed by atoms with Gasteiger partial charge in [0, 0.05) is 12.1 Å². The van der Waals surface area contributed by atoms with Crippen LogP contribution in [0.25, 0.3) is 0 Å². The van der Waals surface area contributed by atoms with Crippen LogP contribution in [0, 0.1) is 17.7 Å². The van der Waals surface area contributed by atoms with Crippen molar-refractivity contribution in [3.8, 4) is 11.8 Å². The lowest BCUT2D eigenvalue weighted by atomic mass is 10.1. The van der Waals surface area contributed by atoms with Crippen LogP contribution >= 0.6 is 11.6 Å². The van der Waals surface area contributed by atoms with Crippen LogP contribution in [-0.2, 0) is 6.54 Å². The highest BCUT2D eigenvalue weighted by Crippen LogP contribution is 2.09. The fourth-order valence-electron chi connectivity index (χ4n) is 0.982. The number of halogens is 2. The third-order valence-corrected chi connectivity index (χ3v) is 1.71. The van der Waals surface area contributed by atoms with Crippen LogP contribution in [0.15, 0.2) is 18.2 Å². The molecule has 0 saturated heterocycles. The minimum atomic E-state index is -0.295. The van der Waals surface area contributed by atoms with E-state index in [0.29, 0.717) is 5.56 Å². The summed E-state index contributed by atoms with van der Waals surface area (Å²) in [6.45, 7) is 0.282. The quantitative estimate of drug-likeness (QED) is 0.540. The Morgan fingerprint density at radius 1 is 1.46 bits per heavy atom. The topological polar surface area (TPSA) is 26.0 Å². The van der Waals surface area contributed by atoms with Crippen LogP contribution < -0.4 is 5.73 Å². The third-order valence-electron chi connectivity index (χ3n) is 1.58. The maximum absolute atomic E-state index is 12.7. The van der Waals surface area contributed by atoms with Gasteiger partial charge in [0.1, 0.15) is 5.82 Å². The van der Waals surface area contributed by atoms with Crippen molar-refractivity contribution in [3.05, 3.63) is 35.1 Å². The van der Waals surface area contributed by atoms with Crippen LogP contribution in [0.1, 0.15) is 11.1 Å². The molecule has 1 aromatic rings. The molecule has 0 spiro atoms. The summed E-state index contributed by atoms with van der Waals surface area (Å²) >= 11 is 5.40. The van der Waals surface area contributed by atoms with E-state index in [1.807, 2.05) is 0 Å². The lowest BCUT2D eigenvalue weighted by molar-refractivity contribution is 0.625. The third kappa shape index (κ3) is 2.73. The van der Waals surface area contributed by atoms with Crippen LogP contribution in [-0.4, -0.2) is 5.88 Å². The van der Waals surface area contributed by atoms with Crippen molar-refractivity contribution in [2.24, 2.45) is 5.73 Å². The molecule has 0 unspecified atom stereocenters. The highest BCUT2D eigenvalue weighted by Gasteiger charge is 1.99. The normalized spacial score (nSPS) is 9.15. The van der Waals surface area contributed by atoms with Gasteiger partial charge in [-0.05, 0) is 23.8 Å². The largest absolute Gasteiger partial charge is 0.326 e. The molecule has 0 aromatic heterocycles. The summed E-state index contributed by atoms with van der Waals surface area (Å²) in [5.74, 6) is 5.48. The smallest absolute Gasteiger partial charge is 0.123 e. The number of rotatable bonds is 1. The van der Waals surface area contributed by atoms with Crippen LogP contribution in [0.2, 0.25) is 0 Å². The Hall–Kier alpha value is -1.04. The Morgan fingerprint density at radius 2 is 2.23 bits per heavy atom. The number of hydrogen-bond acceptors (Lipinski definition) is 1. The minimum Gasteiger partial charge on any atom is -0.326 e. The molecule has 0 atom stereocenters. The van der Waals surface area contributed by atoms with Gasteiger partial charge in [-0.2, -0.15) is 0 Å². The predicted molar refractivity (Wildman–Crippen MR) is 51.9 cm³/mol. The molecule has 0 aliphatic carbocycles. The monoisotopic (exact) mass is 197 g/mol. The Kier molecular flexibility index (Phi) is 3.75. The van der Waals surface area contributed by atoms with Crippen LogP contribution in [0.5, 0.6) is 0 Å². The van der Waals surface area contributed by atoms with Gasteiger partial charge in [0.15, 0.2) is 0 Å². The summed E-state index contributed by atoms with van der Waals surface area (Å²) in [7, 11) is 0. The zero-order chi connectivity index (χ0) is 9.68. The molecule has 0 bridgehead atoms. The summed E-state index contributed by atoms with van der Waals surface area (Å²) in [6, 6.07) is 4.35. The summed E-state index contributed by atoms with van der Waals surface area (Å²) < 4.78 is 12.7. The summed E-state index contributed by atoms with van der Waals surface area (Å²) in [5, 5.41) is 0. The van der Waals surface area contributed by atoms with Gasteiger partial charge < -0.3 is 5.73 Å². The van der Waals surface area contributed by atoms with Gasteiger partial charge in [-0.15, -0.1) is 11.6 Å². The lowest BCUT2D eigenvalue weighted by Crippen LogP contribution is -2.00. The zero-order valence-electron chi connectivity index (χ0n) is 6.98. The van der Waals surface area contributed by atoms with Gasteiger partial charge in [-0.1, -0.05) is 11.8 Å². The van der Waals surface area contributed by atoms with Gasteiger partial charge in [-0.25, -0.2) is 4.39 Å². The minimum absolute atomic E-state index is 0.265. The molecule has 0 aliphatic rings. The molecule has 0 radical (unpaired) electrons. The van der Waals surface area contributed by atoms with E-state index in [9.17, 15) is 4.39 Å². The maximum Gasteiger partial charge on any atom is 0.123 e. The average Bonchev–Trinajstić information content (AvgIpc) is 2.16. The first-order valence-electron chi connectivity index (χ1n) is 3.81. The fourth-order valence-corrected chi connectivity index (χ4v) is 1.05. The first-order valence-corrected chi connectivity index (χ1v) is 4.34. The Bertz CT molecular complexity index is 352. The van der Waals surface area contributed by atoms with Crippen LogP contribution in [0.4, 0.5) is 4.39 Å². The second kappa shape index (κ2) is 4.86. The molecule has 13 heavy (non-hydrogen) atoms. The van der Waals surface area contributed by atoms with E-state index in [2.05, 4.69) is 11.8 Å². The molecule has 1 aromatic carbocycles. The predicted octanol–water partition coefficient (Wildman–Crippen LogP) is 1.87. The van der Waals surface area contributed by atoms with E-state index in [0.717, 1.165) is 5.56 Å². The number of hydrogen-bond donors (Lipinski definition) is 1. The molecule has 0 aliphatic heterocycles. The summed E-state index contributed by atoms with van der Waals surface area (Å²) in [6.07, 6.45) is 0. The SMILES string of the molecule is NCc1cc(F)ccc1C#CCCl. The lowest BCUT2D eigenvalue weighted by Gasteiger charge is -2.00. The number of alkyl halides is 1. The van der Waals surface area contributed by atoms with E-state index in [1.165, 1.54) is 12.1 Å². The van der Waals surface area contributed by atoms with E-state index in [4.69, 9.17) is 17.3 Å². The highest BCUT2D eigenvalue weighted by atomic mass is 35.5. The molecule has 0 heterocycles. The molecule has 0 fully saturated rings. The molecule has 1 rings (SSSR count). The van der Waals surface area contributed by atoms with Crippen molar-refractivity contribution in [1.82, 2.24) is 0 Å². The van der Waals surface area contributed by atoms with Crippen molar-refractivity contribution in [1.29, 1.82) is 0 Å². The highest BCUT2D eigenvalue weighted by molar-refractivity contribution is 6.19. The second-order valence-electron chi connectivity index (χ2n) is 2.44. The van der Waals surface area contributed by atoms with Gasteiger partial charge in [-0.3, -0.25) is 0 Å². The zero-order valence-corrected chi connectivity index (χ0v) is 7.74. The Balaban J connectivity index is 3.06. The molecule has 1 nitrogen and oxygen atoms in total. The molecule has 3 heteroatoms. The standard InChI is InChI=1S/C10H9ClFN/c11-5-1-2-8-3-4-10(12)6-9(8)7-13/h3-4,6H,5,7,13H2. The van der Waals surface area contributed by atoms with Crippen LogP contribution in [0.3, 0.4) is 0 Å². The van der Waals surface area contributed by atoms with Crippen molar-refractivity contribution >= 4 is 11.6 Å². The molecule has 68 valence electrons. The molecule has 0 amide bonds. The number of nitrogens with two attached hydrogens (primary N) is 1. The first kappa shape index (κ1) is 10.0. The molecular formula is C10H9ClFN. The average molecular weight is 198 g/mol. The Labute approximate surface area is 81.7 Å². The Morgan fingerprint density at radius 3 is 2.85 bits per heavy atom. The van der Waals surface area contributed by atoms with Crippen molar-refractivity contribution in [3.63, 3.8) is 0 Å². The van der Waals surface area contributed by atoms with Gasteiger partial charge >= 0.3 is 0 Å². The van der Waals surface area contributed by atoms with Gasteiger partial charge in [0.05, 0.1) is 5.88 Å². The maximum atomic E-state index is 12.7. The van der Waals surface area contributed by atoms with Gasteiger partial charge in [0.2, 0.25) is 0 Å². The summed E-state index contributed by atoms with van der Waals surface area (Å²) in [4.78, 5) is 0. The number of benzene rings is 1.